The number of nitrogens with zero attached hydrogens (tertiary/aromatic N) is 1. The Morgan fingerprint density at radius 3 is 2.39 bits per heavy atom. The second-order valence-electron chi connectivity index (χ2n) is 7.02. The van der Waals surface area contributed by atoms with E-state index in [9.17, 15) is 9.59 Å². The van der Waals surface area contributed by atoms with Gasteiger partial charge in [0.05, 0.1) is 11.1 Å². The molecule has 0 aliphatic rings. The van der Waals surface area contributed by atoms with Crippen molar-refractivity contribution >= 4 is 28.3 Å². The standard InChI is InChI=1S/C24H23N5O2/c30-23-20-13-5-4-12-19(20)22(28-29-23)25-15-8-16-26-24(31)27-21-14-7-6-11-18(21)17-9-2-1-3-10-17/h1-7,9-14H,8,15-16H2,(H,25,28)(H,29,30)(H2,26,27,31). The Morgan fingerprint density at radius 2 is 1.55 bits per heavy atom. The molecule has 4 rings (SSSR count). The number of carbonyl (C=O) groups is 1. The van der Waals surface area contributed by atoms with Crippen LogP contribution in [0, 0.1) is 0 Å². The highest BCUT2D eigenvalue weighted by molar-refractivity contribution is 5.94. The molecule has 0 bridgehead atoms. The number of fused-ring (bicyclic) bond motifs is 1. The molecular weight excluding hydrogens is 390 g/mol. The van der Waals surface area contributed by atoms with E-state index in [-0.39, 0.29) is 11.6 Å². The van der Waals surface area contributed by atoms with Crippen LogP contribution in [0.4, 0.5) is 16.3 Å². The summed E-state index contributed by atoms with van der Waals surface area (Å²) in [6.45, 7) is 1.09. The summed E-state index contributed by atoms with van der Waals surface area (Å²) in [7, 11) is 0. The molecule has 1 aromatic heterocycles. The van der Waals surface area contributed by atoms with Gasteiger partial charge in [0.2, 0.25) is 0 Å². The second-order valence-corrected chi connectivity index (χ2v) is 7.02. The van der Waals surface area contributed by atoms with Crippen molar-refractivity contribution in [2.75, 3.05) is 23.7 Å². The van der Waals surface area contributed by atoms with Gasteiger partial charge >= 0.3 is 6.03 Å². The van der Waals surface area contributed by atoms with E-state index in [1.54, 1.807) is 6.07 Å². The largest absolute Gasteiger partial charge is 0.368 e. The van der Waals surface area contributed by atoms with Gasteiger partial charge in [-0.2, -0.15) is 5.10 Å². The number of aromatic nitrogens is 2. The van der Waals surface area contributed by atoms with Crippen LogP contribution in [-0.4, -0.2) is 29.3 Å². The molecule has 0 saturated carbocycles. The van der Waals surface area contributed by atoms with E-state index < -0.39 is 0 Å². The Labute approximate surface area is 179 Å². The van der Waals surface area contributed by atoms with Gasteiger partial charge < -0.3 is 16.0 Å². The maximum absolute atomic E-state index is 12.3. The molecule has 156 valence electrons. The Balaban J connectivity index is 1.29. The SMILES string of the molecule is O=C(NCCCNc1n[nH]c(=O)c2ccccc12)Nc1ccccc1-c1ccccc1. The minimum Gasteiger partial charge on any atom is -0.368 e. The van der Waals surface area contributed by atoms with Crippen LogP contribution < -0.4 is 21.5 Å². The molecule has 0 radical (unpaired) electrons. The van der Waals surface area contributed by atoms with Crippen LogP contribution in [-0.2, 0) is 0 Å². The smallest absolute Gasteiger partial charge is 0.319 e. The zero-order valence-corrected chi connectivity index (χ0v) is 16.9. The topological polar surface area (TPSA) is 98.9 Å². The molecule has 7 heteroatoms. The van der Waals surface area contributed by atoms with E-state index in [2.05, 4.69) is 26.1 Å². The van der Waals surface area contributed by atoms with Gasteiger partial charge in [-0.15, -0.1) is 0 Å². The highest BCUT2D eigenvalue weighted by Crippen LogP contribution is 2.27. The molecule has 0 aliphatic heterocycles. The van der Waals surface area contributed by atoms with Crippen LogP contribution in [0.25, 0.3) is 21.9 Å². The lowest BCUT2D eigenvalue weighted by molar-refractivity contribution is 0.252. The van der Waals surface area contributed by atoms with Crippen LogP contribution in [0.2, 0.25) is 0 Å². The van der Waals surface area contributed by atoms with Crippen molar-refractivity contribution in [2.24, 2.45) is 0 Å². The van der Waals surface area contributed by atoms with Crippen LogP contribution in [0.1, 0.15) is 6.42 Å². The van der Waals surface area contributed by atoms with Crippen molar-refractivity contribution in [1.29, 1.82) is 0 Å². The van der Waals surface area contributed by atoms with Crippen LogP contribution in [0.5, 0.6) is 0 Å². The molecule has 31 heavy (non-hydrogen) atoms. The minimum atomic E-state index is -0.254. The summed E-state index contributed by atoms with van der Waals surface area (Å²) in [6.07, 6.45) is 0.697. The summed E-state index contributed by atoms with van der Waals surface area (Å²) in [5.41, 5.74) is 2.56. The van der Waals surface area contributed by atoms with Crippen molar-refractivity contribution in [1.82, 2.24) is 15.5 Å². The third-order valence-corrected chi connectivity index (χ3v) is 4.89. The Hall–Kier alpha value is -4.13. The van der Waals surface area contributed by atoms with Crippen molar-refractivity contribution in [2.45, 2.75) is 6.42 Å². The highest BCUT2D eigenvalue weighted by Gasteiger charge is 2.08. The third kappa shape index (κ3) is 4.90. The van der Waals surface area contributed by atoms with Gasteiger partial charge in [0.15, 0.2) is 5.82 Å². The number of hydrogen-bond acceptors (Lipinski definition) is 4. The number of rotatable bonds is 7. The number of hydrogen-bond donors (Lipinski definition) is 4. The fraction of sp³-hybridized carbons (Fsp3) is 0.125. The number of nitrogens with one attached hydrogen (secondary N) is 4. The number of anilines is 2. The van der Waals surface area contributed by atoms with Crippen molar-refractivity contribution in [3.05, 3.63) is 89.2 Å². The zero-order valence-electron chi connectivity index (χ0n) is 16.9. The van der Waals surface area contributed by atoms with Crippen molar-refractivity contribution < 1.29 is 4.79 Å². The molecule has 0 atom stereocenters. The fourth-order valence-corrected chi connectivity index (χ4v) is 3.37. The molecule has 0 aliphatic carbocycles. The first-order valence-corrected chi connectivity index (χ1v) is 10.1. The summed E-state index contributed by atoms with van der Waals surface area (Å²) in [5, 5.41) is 17.0. The van der Waals surface area contributed by atoms with Gasteiger partial charge in [-0.3, -0.25) is 4.79 Å². The molecule has 4 N–H and O–H groups in total. The first-order chi connectivity index (χ1) is 15.2. The molecule has 3 aromatic carbocycles. The van der Waals surface area contributed by atoms with Gasteiger partial charge in [0.1, 0.15) is 0 Å². The lowest BCUT2D eigenvalue weighted by atomic mass is 10.0. The number of para-hydroxylation sites is 1. The van der Waals surface area contributed by atoms with Crippen LogP contribution in [0.3, 0.4) is 0 Å². The molecule has 0 fully saturated rings. The summed E-state index contributed by atoms with van der Waals surface area (Å²) in [6, 6.07) is 24.7. The van der Waals surface area contributed by atoms with Gasteiger partial charge in [0.25, 0.3) is 5.56 Å². The number of amides is 2. The van der Waals surface area contributed by atoms with Crippen LogP contribution >= 0.6 is 0 Å². The van der Waals surface area contributed by atoms with Crippen LogP contribution in [0.15, 0.2) is 83.7 Å². The molecule has 4 aromatic rings. The summed E-state index contributed by atoms with van der Waals surface area (Å²) < 4.78 is 0. The fourth-order valence-electron chi connectivity index (χ4n) is 3.37. The van der Waals surface area contributed by atoms with E-state index in [0.29, 0.717) is 30.7 Å². The van der Waals surface area contributed by atoms with E-state index in [1.807, 2.05) is 72.8 Å². The van der Waals surface area contributed by atoms with E-state index in [0.717, 1.165) is 22.2 Å². The Morgan fingerprint density at radius 1 is 0.839 bits per heavy atom. The second kappa shape index (κ2) is 9.58. The first-order valence-electron chi connectivity index (χ1n) is 10.1. The average molecular weight is 413 g/mol. The maximum Gasteiger partial charge on any atom is 0.319 e. The molecule has 0 saturated heterocycles. The minimum absolute atomic E-state index is 0.213. The predicted molar refractivity (Wildman–Crippen MR) is 124 cm³/mol. The number of carbonyl (C=O) groups excluding carboxylic acids is 1. The molecule has 1 heterocycles. The van der Waals surface area contributed by atoms with Crippen molar-refractivity contribution in [3.8, 4) is 11.1 Å². The van der Waals surface area contributed by atoms with Gasteiger partial charge in [-0.05, 0) is 24.1 Å². The van der Waals surface area contributed by atoms with Gasteiger partial charge in [-0.25, -0.2) is 9.89 Å². The zero-order chi connectivity index (χ0) is 21.5. The molecule has 7 nitrogen and oxygen atoms in total. The number of aromatic amines is 1. The third-order valence-electron chi connectivity index (χ3n) is 4.89. The number of urea groups is 1. The lowest BCUT2D eigenvalue weighted by Crippen LogP contribution is -2.30. The summed E-state index contributed by atoms with van der Waals surface area (Å²) in [5.74, 6) is 0.622. The lowest BCUT2D eigenvalue weighted by Gasteiger charge is -2.12. The Kier molecular flexibility index (Phi) is 6.23. The quantitative estimate of drug-likeness (QED) is 0.341. The van der Waals surface area contributed by atoms with Gasteiger partial charge in [-0.1, -0.05) is 66.7 Å². The predicted octanol–water partition coefficient (Wildman–Crippen LogP) is 4.21. The monoisotopic (exact) mass is 413 g/mol. The number of benzene rings is 3. The average Bonchev–Trinajstić information content (AvgIpc) is 2.81. The van der Waals surface area contributed by atoms with E-state index in [4.69, 9.17) is 0 Å². The van der Waals surface area contributed by atoms with E-state index in [1.165, 1.54) is 0 Å². The molecule has 0 spiro atoms. The molecule has 2 amide bonds. The van der Waals surface area contributed by atoms with E-state index >= 15 is 0 Å². The molecular formula is C24H23N5O2. The van der Waals surface area contributed by atoms with Gasteiger partial charge in [0, 0.05) is 24.0 Å². The first kappa shape index (κ1) is 20.2. The summed E-state index contributed by atoms with van der Waals surface area (Å²) in [4.78, 5) is 24.2. The maximum atomic E-state index is 12.3. The normalized spacial score (nSPS) is 10.6. The van der Waals surface area contributed by atoms with Crippen molar-refractivity contribution in [3.63, 3.8) is 0 Å². The number of H-pyrrole nitrogens is 1. The molecule has 0 unspecified atom stereocenters. The highest BCUT2D eigenvalue weighted by atomic mass is 16.2. The Bertz CT molecular complexity index is 1240. The summed E-state index contributed by atoms with van der Waals surface area (Å²) >= 11 is 0.